The summed E-state index contributed by atoms with van der Waals surface area (Å²) in [5.74, 6) is -0.817. The van der Waals surface area contributed by atoms with E-state index in [9.17, 15) is 14.4 Å². The van der Waals surface area contributed by atoms with Crippen LogP contribution in [0.5, 0.6) is 0 Å². The van der Waals surface area contributed by atoms with E-state index in [4.69, 9.17) is 0 Å². The number of rotatable bonds is 5. The molecule has 0 aromatic heterocycles. The molecule has 8 heteroatoms. The predicted octanol–water partition coefficient (Wildman–Crippen LogP) is 3.45. The summed E-state index contributed by atoms with van der Waals surface area (Å²) in [4.78, 5) is 42.9. The van der Waals surface area contributed by atoms with Gasteiger partial charge in [-0.2, -0.15) is 0 Å². The Morgan fingerprint density at radius 3 is 2.48 bits per heavy atom. The van der Waals surface area contributed by atoms with E-state index in [1.807, 2.05) is 25.1 Å². The lowest BCUT2D eigenvalue weighted by atomic mass is 10.2. The Morgan fingerprint density at radius 2 is 1.86 bits per heavy atom. The molecule has 0 bridgehead atoms. The van der Waals surface area contributed by atoms with Gasteiger partial charge in [-0.05, 0) is 43.3 Å². The zero-order valence-corrected chi connectivity index (χ0v) is 16.9. The summed E-state index contributed by atoms with van der Waals surface area (Å²) in [6, 6.07) is 15.7. The molecule has 2 aromatic rings. The van der Waals surface area contributed by atoms with Crippen molar-refractivity contribution in [3.8, 4) is 0 Å². The van der Waals surface area contributed by atoms with Crippen molar-refractivity contribution in [2.75, 3.05) is 19.0 Å². The molecular weight excluding hydrogens is 390 g/mol. The van der Waals surface area contributed by atoms with E-state index in [1.165, 1.54) is 18.9 Å². The number of hydrogen-bond donors (Lipinski definition) is 1. The monoisotopic (exact) mass is 411 g/mol. The van der Waals surface area contributed by atoms with E-state index in [-0.39, 0.29) is 18.2 Å². The van der Waals surface area contributed by atoms with Gasteiger partial charge in [0, 0.05) is 18.7 Å². The number of amidine groups is 1. The van der Waals surface area contributed by atoms with Gasteiger partial charge in [-0.25, -0.2) is 9.79 Å². The van der Waals surface area contributed by atoms with E-state index in [0.717, 1.165) is 0 Å². The first-order valence-corrected chi connectivity index (χ1v) is 9.99. The number of amides is 2. The number of anilines is 1. The van der Waals surface area contributed by atoms with Crippen molar-refractivity contribution in [3.63, 3.8) is 0 Å². The van der Waals surface area contributed by atoms with E-state index in [2.05, 4.69) is 15.0 Å². The van der Waals surface area contributed by atoms with Crippen LogP contribution < -0.4 is 5.32 Å². The number of aliphatic imine (C=N–C) groups is 1. The molecule has 150 valence electrons. The summed E-state index contributed by atoms with van der Waals surface area (Å²) in [6.07, 6.45) is 0.109. The van der Waals surface area contributed by atoms with E-state index in [0.29, 0.717) is 28.7 Å². The number of hydrogen-bond acceptors (Lipinski definition) is 6. The van der Waals surface area contributed by atoms with Crippen molar-refractivity contribution in [2.45, 2.75) is 18.6 Å². The summed E-state index contributed by atoms with van der Waals surface area (Å²) in [5, 5.41) is 2.73. The summed E-state index contributed by atoms with van der Waals surface area (Å²) in [5.41, 5.74) is 1.67. The second kappa shape index (κ2) is 9.38. The molecule has 2 aromatic carbocycles. The number of methoxy groups -OCH3 is 1. The lowest BCUT2D eigenvalue weighted by Crippen LogP contribution is -2.45. The molecule has 0 spiro atoms. The number of nitrogens with zero attached hydrogens (tertiary/aromatic N) is 2. The van der Waals surface area contributed by atoms with Gasteiger partial charge in [0.1, 0.15) is 5.25 Å². The maximum absolute atomic E-state index is 12.6. The first-order valence-electron chi connectivity index (χ1n) is 9.11. The van der Waals surface area contributed by atoms with E-state index in [1.54, 1.807) is 41.3 Å². The van der Waals surface area contributed by atoms with Gasteiger partial charge < -0.3 is 10.1 Å². The quantitative estimate of drug-likeness (QED) is 0.762. The highest BCUT2D eigenvalue weighted by Gasteiger charge is 2.35. The van der Waals surface area contributed by atoms with E-state index >= 15 is 0 Å². The van der Waals surface area contributed by atoms with Gasteiger partial charge in [0.15, 0.2) is 5.17 Å². The molecule has 0 unspecified atom stereocenters. The zero-order valence-electron chi connectivity index (χ0n) is 16.1. The molecule has 1 heterocycles. The number of benzene rings is 2. The second-order valence-electron chi connectivity index (χ2n) is 6.24. The number of carbonyl (C=O) groups is 3. The third-order valence-electron chi connectivity index (χ3n) is 4.30. The fourth-order valence-corrected chi connectivity index (χ4v) is 3.96. The largest absolute Gasteiger partial charge is 0.465 e. The van der Waals surface area contributed by atoms with Crippen molar-refractivity contribution in [1.29, 1.82) is 0 Å². The molecule has 3 rings (SSSR count). The molecule has 1 aliphatic heterocycles. The normalized spacial score (nSPS) is 17.9. The first kappa shape index (κ1) is 20.6. The van der Waals surface area contributed by atoms with Crippen LogP contribution in [0.3, 0.4) is 0 Å². The minimum Gasteiger partial charge on any atom is -0.465 e. The Labute approximate surface area is 173 Å². The third-order valence-corrected chi connectivity index (χ3v) is 5.49. The summed E-state index contributed by atoms with van der Waals surface area (Å²) in [7, 11) is 1.32. The van der Waals surface area contributed by atoms with Gasteiger partial charge in [-0.3, -0.25) is 14.5 Å². The number of ether oxygens (including phenoxy) is 1. The molecule has 2 amide bonds. The highest BCUT2D eigenvalue weighted by atomic mass is 32.2. The summed E-state index contributed by atoms with van der Waals surface area (Å²) < 4.78 is 4.69. The van der Waals surface area contributed by atoms with Gasteiger partial charge in [-0.15, -0.1) is 0 Å². The fraction of sp³-hybridized carbons (Fsp3) is 0.238. The molecule has 1 saturated heterocycles. The Bertz CT molecular complexity index is 929. The van der Waals surface area contributed by atoms with Crippen LogP contribution in [0, 0.1) is 0 Å². The molecule has 7 nitrogen and oxygen atoms in total. The summed E-state index contributed by atoms with van der Waals surface area (Å²) in [6.45, 7) is 2.32. The Hall–Kier alpha value is -3.13. The molecule has 0 saturated carbocycles. The number of carbonyl (C=O) groups excluding carboxylic acids is 3. The first-order chi connectivity index (χ1) is 14.0. The summed E-state index contributed by atoms with van der Waals surface area (Å²) >= 11 is 1.26. The third kappa shape index (κ3) is 5.03. The van der Waals surface area contributed by atoms with Gasteiger partial charge in [0.25, 0.3) is 0 Å². The van der Waals surface area contributed by atoms with Gasteiger partial charge >= 0.3 is 5.97 Å². The maximum Gasteiger partial charge on any atom is 0.337 e. The zero-order chi connectivity index (χ0) is 20.8. The Kier molecular flexibility index (Phi) is 6.66. The van der Waals surface area contributed by atoms with Crippen LogP contribution in [0.2, 0.25) is 0 Å². The molecule has 1 fully saturated rings. The standard InChI is InChI=1S/C21H21N3O4S/c1-3-24-18(25)13-17(19(26)22-15-7-5-4-6-8-15)29-21(24)23-16-11-9-14(10-12-16)20(27)28-2/h4-12,17H,3,13H2,1-2H3,(H,22,26)/t17-/m1/s1. The second-order valence-corrected chi connectivity index (χ2v) is 7.41. The van der Waals surface area contributed by atoms with Gasteiger partial charge in [0.2, 0.25) is 11.8 Å². The lowest BCUT2D eigenvalue weighted by Gasteiger charge is -2.30. The fourth-order valence-electron chi connectivity index (χ4n) is 2.80. The minimum absolute atomic E-state index is 0.109. The average Bonchev–Trinajstić information content (AvgIpc) is 2.74. The topological polar surface area (TPSA) is 88.1 Å². The highest BCUT2D eigenvalue weighted by molar-refractivity contribution is 8.15. The molecule has 0 radical (unpaired) electrons. The molecule has 1 aliphatic rings. The number of nitrogens with one attached hydrogen (secondary N) is 1. The molecular formula is C21H21N3O4S. The predicted molar refractivity (Wildman–Crippen MR) is 113 cm³/mol. The lowest BCUT2D eigenvalue weighted by molar-refractivity contribution is -0.129. The van der Waals surface area contributed by atoms with Gasteiger partial charge in [0.05, 0.1) is 18.4 Å². The van der Waals surface area contributed by atoms with Crippen molar-refractivity contribution >= 4 is 46.1 Å². The van der Waals surface area contributed by atoms with Crippen LogP contribution in [-0.2, 0) is 14.3 Å². The number of esters is 1. The SMILES string of the molecule is CCN1C(=O)C[C@H](C(=O)Nc2ccccc2)SC1=Nc1ccc(C(=O)OC)cc1. The smallest absolute Gasteiger partial charge is 0.337 e. The van der Waals surface area contributed by atoms with Crippen molar-refractivity contribution in [3.05, 3.63) is 60.2 Å². The van der Waals surface area contributed by atoms with Crippen LogP contribution >= 0.6 is 11.8 Å². The molecule has 1 atom stereocenters. The van der Waals surface area contributed by atoms with E-state index < -0.39 is 11.2 Å². The van der Waals surface area contributed by atoms with Crippen LogP contribution in [0.25, 0.3) is 0 Å². The van der Waals surface area contributed by atoms with Crippen LogP contribution in [-0.4, -0.2) is 46.8 Å². The average molecular weight is 411 g/mol. The Balaban J connectivity index is 1.80. The van der Waals surface area contributed by atoms with Gasteiger partial charge in [-0.1, -0.05) is 30.0 Å². The van der Waals surface area contributed by atoms with Crippen molar-refractivity contribution < 1.29 is 19.1 Å². The van der Waals surface area contributed by atoms with Crippen LogP contribution in [0.1, 0.15) is 23.7 Å². The number of para-hydroxylation sites is 1. The Morgan fingerprint density at radius 1 is 1.17 bits per heavy atom. The number of thioether (sulfide) groups is 1. The highest BCUT2D eigenvalue weighted by Crippen LogP contribution is 2.29. The maximum atomic E-state index is 12.6. The van der Waals surface area contributed by atoms with Crippen LogP contribution in [0.4, 0.5) is 11.4 Å². The van der Waals surface area contributed by atoms with Crippen molar-refractivity contribution in [2.24, 2.45) is 4.99 Å². The molecule has 0 aliphatic carbocycles. The van der Waals surface area contributed by atoms with Crippen LogP contribution in [0.15, 0.2) is 59.6 Å². The molecule has 1 N–H and O–H groups in total. The minimum atomic E-state index is -0.571. The molecule has 29 heavy (non-hydrogen) atoms. The van der Waals surface area contributed by atoms with Crippen molar-refractivity contribution in [1.82, 2.24) is 4.90 Å².